The smallest absolute Gasteiger partial charge is 0.258 e. The summed E-state index contributed by atoms with van der Waals surface area (Å²) in [6, 6.07) is 9.29. The van der Waals surface area contributed by atoms with Gasteiger partial charge in [-0.3, -0.25) is 9.78 Å². The van der Waals surface area contributed by atoms with E-state index in [0.29, 0.717) is 23.7 Å². The molecule has 0 radical (unpaired) electrons. The molecule has 0 fully saturated rings. The second-order valence-electron chi connectivity index (χ2n) is 4.97. The van der Waals surface area contributed by atoms with E-state index >= 15 is 0 Å². The van der Waals surface area contributed by atoms with Crippen LogP contribution in [0.3, 0.4) is 0 Å². The fraction of sp³-hybridized carbons (Fsp3) is 0.0588. The molecule has 0 saturated carbocycles. The molecule has 2 heterocycles. The summed E-state index contributed by atoms with van der Waals surface area (Å²) in [4.78, 5) is 24.2. The molecule has 0 aliphatic rings. The van der Waals surface area contributed by atoms with Crippen LogP contribution < -0.4 is 10.6 Å². The van der Waals surface area contributed by atoms with E-state index in [1.807, 2.05) is 12.1 Å². The molecule has 0 aliphatic carbocycles. The van der Waals surface area contributed by atoms with Gasteiger partial charge >= 0.3 is 0 Å². The normalized spacial score (nSPS) is 10.2. The molecule has 120 valence electrons. The molecule has 1 amide bonds. The molecule has 3 aromatic rings. The summed E-state index contributed by atoms with van der Waals surface area (Å²) in [6.07, 6.45) is 6.28. The first-order valence-corrected chi connectivity index (χ1v) is 7.22. The van der Waals surface area contributed by atoms with Crippen LogP contribution in [0.1, 0.15) is 15.9 Å². The van der Waals surface area contributed by atoms with Crippen LogP contribution in [-0.2, 0) is 6.54 Å². The number of rotatable bonds is 5. The molecular formula is C17H14FN5O. The molecule has 0 aliphatic heterocycles. The van der Waals surface area contributed by atoms with Crippen LogP contribution in [0.2, 0.25) is 0 Å². The molecule has 6 nitrogen and oxygen atoms in total. The lowest BCUT2D eigenvalue weighted by Crippen LogP contribution is -2.13. The zero-order valence-electron chi connectivity index (χ0n) is 12.6. The molecule has 3 rings (SSSR count). The number of anilines is 2. The Morgan fingerprint density at radius 2 is 1.67 bits per heavy atom. The third-order valence-corrected chi connectivity index (χ3v) is 3.22. The van der Waals surface area contributed by atoms with Crippen molar-refractivity contribution >= 4 is 17.5 Å². The zero-order valence-corrected chi connectivity index (χ0v) is 12.6. The van der Waals surface area contributed by atoms with Gasteiger partial charge in [-0.2, -0.15) is 0 Å². The number of hydrogen-bond donors (Lipinski definition) is 2. The van der Waals surface area contributed by atoms with Gasteiger partial charge in [-0.25, -0.2) is 14.4 Å². The highest BCUT2D eigenvalue weighted by atomic mass is 19.1. The van der Waals surface area contributed by atoms with Crippen LogP contribution >= 0.6 is 0 Å². The monoisotopic (exact) mass is 323 g/mol. The minimum absolute atomic E-state index is 0.314. The predicted molar refractivity (Wildman–Crippen MR) is 87.9 cm³/mol. The summed E-state index contributed by atoms with van der Waals surface area (Å²) in [5.41, 5.74) is 1.86. The van der Waals surface area contributed by atoms with Crippen LogP contribution in [0.5, 0.6) is 0 Å². The summed E-state index contributed by atoms with van der Waals surface area (Å²) in [6.45, 7) is 0.559. The van der Waals surface area contributed by atoms with Gasteiger partial charge in [0.05, 0.1) is 5.56 Å². The van der Waals surface area contributed by atoms with Crippen molar-refractivity contribution in [3.63, 3.8) is 0 Å². The van der Waals surface area contributed by atoms with Crippen molar-refractivity contribution in [2.45, 2.75) is 6.54 Å². The van der Waals surface area contributed by atoms with E-state index in [4.69, 9.17) is 0 Å². The van der Waals surface area contributed by atoms with E-state index in [-0.39, 0.29) is 11.7 Å². The van der Waals surface area contributed by atoms with Gasteiger partial charge in [0.2, 0.25) is 5.95 Å². The van der Waals surface area contributed by atoms with Gasteiger partial charge < -0.3 is 10.6 Å². The first-order chi connectivity index (χ1) is 11.7. The van der Waals surface area contributed by atoms with Gasteiger partial charge in [0.25, 0.3) is 5.91 Å². The van der Waals surface area contributed by atoms with Crippen molar-refractivity contribution in [1.29, 1.82) is 0 Å². The number of hydrogen-bond acceptors (Lipinski definition) is 5. The third-order valence-electron chi connectivity index (χ3n) is 3.22. The van der Waals surface area contributed by atoms with Crippen molar-refractivity contribution in [3.8, 4) is 0 Å². The van der Waals surface area contributed by atoms with Gasteiger partial charge in [-0.15, -0.1) is 0 Å². The van der Waals surface area contributed by atoms with Gasteiger partial charge in [-0.05, 0) is 42.0 Å². The van der Waals surface area contributed by atoms with Crippen molar-refractivity contribution in [1.82, 2.24) is 15.0 Å². The van der Waals surface area contributed by atoms with E-state index in [0.717, 1.165) is 5.56 Å². The molecule has 0 unspecified atom stereocenters. The number of amides is 1. The minimum atomic E-state index is -0.360. The number of nitrogens with one attached hydrogen (secondary N) is 2. The largest absolute Gasteiger partial charge is 0.350 e. The lowest BCUT2D eigenvalue weighted by Gasteiger charge is -2.07. The number of nitrogens with zero attached hydrogens (tertiary/aromatic N) is 3. The van der Waals surface area contributed by atoms with Gasteiger partial charge in [0.15, 0.2) is 0 Å². The van der Waals surface area contributed by atoms with Crippen LogP contribution in [0, 0.1) is 5.82 Å². The topological polar surface area (TPSA) is 79.8 Å². The predicted octanol–water partition coefficient (Wildman–Crippen LogP) is 2.88. The summed E-state index contributed by atoms with van der Waals surface area (Å²) < 4.78 is 12.8. The Bertz CT molecular complexity index is 807. The summed E-state index contributed by atoms with van der Waals surface area (Å²) in [7, 11) is 0. The Morgan fingerprint density at radius 1 is 1.00 bits per heavy atom. The van der Waals surface area contributed by atoms with Gasteiger partial charge in [0, 0.05) is 37.0 Å². The number of pyridine rings is 1. The van der Waals surface area contributed by atoms with Crippen molar-refractivity contribution in [2.24, 2.45) is 0 Å². The highest BCUT2D eigenvalue weighted by Crippen LogP contribution is 2.10. The fourth-order valence-corrected chi connectivity index (χ4v) is 1.95. The van der Waals surface area contributed by atoms with Crippen molar-refractivity contribution in [2.75, 3.05) is 10.6 Å². The summed E-state index contributed by atoms with van der Waals surface area (Å²) >= 11 is 0. The maximum Gasteiger partial charge on any atom is 0.258 e. The lowest BCUT2D eigenvalue weighted by molar-refractivity contribution is 0.102. The first-order valence-electron chi connectivity index (χ1n) is 7.22. The second kappa shape index (κ2) is 7.28. The van der Waals surface area contributed by atoms with Gasteiger partial charge in [0.1, 0.15) is 5.82 Å². The Kier molecular flexibility index (Phi) is 4.71. The standard InChI is InChI=1S/C17H14FN5O/c18-14-1-3-15(4-2-14)23-16(24)13-10-21-17(22-11-13)20-9-12-5-7-19-8-6-12/h1-8,10-11H,9H2,(H,23,24)(H,20,21,22). The summed E-state index contributed by atoms with van der Waals surface area (Å²) in [5.74, 6) is -0.298. The van der Waals surface area contributed by atoms with E-state index < -0.39 is 0 Å². The molecular weight excluding hydrogens is 309 g/mol. The fourth-order valence-electron chi connectivity index (χ4n) is 1.95. The summed E-state index contributed by atoms with van der Waals surface area (Å²) in [5, 5.41) is 5.71. The SMILES string of the molecule is O=C(Nc1ccc(F)cc1)c1cnc(NCc2ccncc2)nc1. The van der Waals surface area contributed by atoms with Crippen LogP contribution in [-0.4, -0.2) is 20.9 Å². The molecule has 7 heteroatoms. The lowest BCUT2D eigenvalue weighted by atomic mass is 10.2. The number of carbonyl (C=O) groups is 1. The molecule has 24 heavy (non-hydrogen) atoms. The van der Waals surface area contributed by atoms with E-state index in [1.54, 1.807) is 12.4 Å². The van der Waals surface area contributed by atoms with Crippen LogP contribution in [0.15, 0.2) is 61.2 Å². The highest BCUT2D eigenvalue weighted by molar-refractivity contribution is 6.03. The number of carbonyl (C=O) groups excluding carboxylic acids is 1. The van der Waals surface area contributed by atoms with E-state index in [2.05, 4.69) is 25.6 Å². The number of benzene rings is 1. The van der Waals surface area contributed by atoms with Gasteiger partial charge in [-0.1, -0.05) is 0 Å². The molecule has 0 spiro atoms. The van der Waals surface area contributed by atoms with Crippen molar-refractivity contribution in [3.05, 3.63) is 78.1 Å². The van der Waals surface area contributed by atoms with E-state index in [9.17, 15) is 9.18 Å². The quantitative estimate of drug-likeness (QED) is 0.755. The molecule has 0 saturated heterocycles. The number of aromatic nitrogens is 3. The second-order valence-corrected chi connectivity index (χ2v) is 4.97. The average molecular weight is 323 g/mol. The first kappa shape index (κ1) is 15.5. The van der Waals surface area contributed by atoms with Crippen LogP contribution in [0.4, 0.5) is 16.0 Å². The molecule has 2 aromatic heterocycles. The Labute approximate surface area is 137 Å². The van der Waals surface area contributed by atoms with E-state index in [1.165, 1.54) is 36.7 Å². The Hall–Kier alpha value is -3.35. The minimum Gasteiger partial charge on any atom is -0.350 e. The molecule has 1 aromatic carbocycles. The zero-order chi connectivity index (χ0) is 16.8. The highest BCUT2D eigenvalue weighted by Gasteiger charge is 2.08. The number of halogens is 1. The molecule has 0 atom stereocenters. The molecule has 2 N–H and O–H groups in total. The molecule has 0 bridgehead atoms. The third kappa shape index (κ3) is 4.10. The average Bonchev–Trinajstić information content (AvgIpc) is 2.63. The maximum absolute atomic E-state index is 12.8. The Morgan fingerprint density at radius 3 is 2.33 bits per heavy atom. The maximum atomic E-state index is 12.8. The van der Waals surface area contributed by atoms with Crippen molar-refractivity contribution < 1.29 is 9.18 Å². The Balaban J connectivity index is 1.59. The van der Waals surface area contributed by atoms with Crippen LogP contribution in [0.25, 0.3) is 0 Å².